The third kappa shape index (κ3) is 5.12. The summed E-state index contributed by atoms with van der Waals surface area (Å²) < 4.78 is 6.98. The minimum Gasteiger partial charge on any atom is -0.497 e. The van der Waals surface area contributed by atoms with Crippen molar-refractivity contribution in [2.45, 2.75) is 10.9 Å². The zero-order chi connectivity index (χ0) is 24.0. The van der Waals surface area contributed by atoms with E-state index in [0.717, 1.165) is 24.5 Å². The lowest BCUT2D eigenvalue weighted by molar-refractivity contribution is 0.0740. The van der Waals surface area contributed by atoms with Gasteiger partial charge in [0.2, 0.25) is 0 Å². The van der Waals surface area contributed by atoms with E-state index in [1.165, 1.54) is 17.4 Å². The van der Waals surface area contributed by atoms with E-state index in [9.17, 15) is 4.79 Å². The van der Waals surface area contributed by atoms with Gasteiger partial charge in [-0.15, -0.1) is 5.10 Å². The van der Waals surface area contributed by atoms with E-state index in [4.69, 9.17) is 4.74 Å². The summed E-state index contributed by atoms with van der Waals surface area (Å²) in [6.45, 7) is 2.78. The van der Waals surface area contributed by atoms with Gasteiger partial charge in [0.25, 0.3) is 5.91 Å². The van der Waals surface area contributed by atoms with Crippen molar-refractivity contribution < 1.29 is 9.53 Å². The van der Waals surface area contributed by atoms with Crippen molar-refractivity contribution in [1.29, 1.82) is 0 Å². The highest BCUT2D eigenvalue weighted by Gasteiger charge is 2.28. The van der Waals surface area contributed by atoms with Crippen LogP contribution in [-0.4, -0.2) is 69.1 Å². The van der Waals surface area contributed by atoms with Crippen LogP contribution >= 0.6 is 11.8 Å². The van der Waals surface area contributed by atoms with E-state index in [2.05, 4.69) is 37.3 Å². The van der Waals surface area contributed by atoms with Gasteiger partial charge in [-0.25, -0.2) is 14.6 Å². The highest BCUT2D eigenvalue weighted by molar-refractivity contribution is 7.98. The number of hydrogen-bond acceptors (Lipinski definition) is 8. The van der Waals surface area contributed by atoms with Gasteiger partial charge in [-0.1, -0.05) is 35.2 Å². The van der Waals surface area contributed by atoms with Crippen molar-refractivity contribution in [3.8, 4) is 11.4 Å². The molecule has 1 saturated heterocycles. The van der Waals surface area contributed by atoms with Crippen molar-refractivity contribution in [2.75, 3.05) is 38.2 Å². The molecule has 1 aliphatic heterocycles. The second kappa shape index (κ2) is 10.6. The third-order valence-electron chi connectivity index (χ3n) is 5.85. The minimum atomic E-state index is -0.109. The summed E-state index contributed by atoms with van der Waals surface area (Å²) >= 11 is 1.44. The fraction of sp³-hybridized carbons (Fsp3) is 0.240. The summed E-state index contributed by atoms with van der Waals surface area (Å²) in [4.78, 5) is 26.3. The summed E-state index contributed by atoms with van der Waals surface area (Å²) in [7, 11) is 1.63. The molecular formula is C25H25N7O2S. The number of anilines is 1. The molecule has 0 radical (unpaired) electrons. The Labute approximate surface area is 207 Å². The Kier molecular flexibility index (Phi) is 6.89. The van der Waals surface area contributed by atoms with Crippen LogP contribution in [0.1, 0.15) is 16.2 Å². The van der Waals surface area contributed by atoms with Gasteiger partial charge in [-0.05, 0) is 42.5 Å². The molecule has 3 heterocycles. The first-order valence-electron chi connectivity index (χ1n) is 11.3. The Hall–Kier alpha value is -3.92. The van der Waals surface area contributed by atoms with Gasteiger partial charge in [0.05, 0.1) is 18.5 Å². The number of carbonyl (C=O) groups is 1. The normalized spacial score (nSPS) is 13.6. The van der Waals surface area contributed by atoms with Crippen LogP contribution in [0.2, 0.25) is 0 Å². The van der Waals surface area contributed by atoms with E-state index in [0.29, 0.717) is 35.4 Å². The van der Waals surface area contributed by atoms with Gasteiger partial charge >= 0.3 is 0 Å². The fourth-order valence-electron chi connectivity index (χ4n) is 3.98. The van der Waals surface area contributed by atoms with Crippen LogP contribution < -0.4 is 9.64 Å². The van der Waals surface area contributed by atoms with Gasteiger partial charge in [0.15, 0.2) is 10.9 Å². The maximum atomic E-state index is 13.6. The largest absolute Gasteiger partial charge is 0.497 e. The van der Waals surface area contributed by atoms with Crippen molar-refractivity contribution >= 4 is 23.4 Å². The quantitative estimate of drug-likeness (QED) is 0.290. The Morgan fingerprint density at radius 1 is 0.914 bits per heavy atom. The number of hydrogen-bond donors (Lipinski definition) is 0. The van der Waals surface area contributed by atoms with Gasteiger partial charge in [0, 0.05) is 50.0 Å². The molecule has 0 bridgehead atoms. The highest BCUT2D eigenvalue weighted by atomic mass is 32.2. The van der Waals surface area contributed by atoms with Crippen molar-refractivity contribution in [1.82, 2.24) is 29.9 Å². The molecule has 35 heavy (non-hydrogen) atoms. The van der Waals surface area contributed by atoms with Crippen LogP contribution in [0.3, 0.4) is 0 Å². The molecule has 1 aliphatic rings. The topological polar surface area (TPSA) is 89.3 Å². The standard InChI is InChI=1S/C25H25N7O2S/c1-34-21-10-8-20(9-11-21)32-22(18-35-25-26-12-5-13-27-25)23(28-29-32)24(33)31-16-14-30(15-17-31)19-6-3-2-4-7-19/h2-13H,14-18H2,1H3. The lowest BCUT2D eigenvalue weighted by Gasteiger charge is -2.35. The monoisotopic (exact) mass is 487 g/mol. The molecule has 2 aromatic heterocycles. The molecular weight excluding hydrogens is 462 g/mol. The predicted octanol–water partition coefficient (Wildman–Crippen LogP) is 3.32. The highest BCUT2D eigenvalue weighted by Crippen LogP contribution is 2.25. The van der Waals surface area contributed by atoms with Gasteiger partial charge in [-0.2, -0.15) is 0 Å². The lowest BCUT2D eigenvalue weighted by atomic mass is 10.2. The van der Waals surface area contributed by atoms with Crippen molar-refractivity contribution in [2.24, 2.45) is 0 Å². The van der Waals surface area contributed by atoms with Crippen LogP contribution in [0.4, 0.5) is 5.69 Å². The summed E-state index contributed by atoms with van der Waals surface area (Å²) in [5.41, 5.74) is 3.04. The Morgan fingerprint density at radius 2 is 1.63 bits per heavy atom. The van der Waals surface area contributed by atoms with Crippen LogP contribution in [-0.2, 0) is 5.75 Å². The number of benzene rings is 2. The fourth-order valence-corrected chi connectivity index (χ4v) is 4.77. The smallest absolute Gasteiger partial charge is 0.276 e. The summed E-state index contributed by atoms with van der Waals surface area (Å²) in [5, 5.41) is 9.30. The zero-order valence-electron chi connectivity index (χ0n) is 19.3. The van der Waals surface area contributed by atoms with E-state index in [1.807, 2.05) is 47.4 Å². The van der Waals surface area contributed by atoms with E-state index in [-0.39, 0.29) is 5.91 Å². The van der Waals surface area contributed by atoms with Crippen LogP contribution in [0.25, 0.3) is 5.69 Å². The van der Waals surface area contributed by atoms with Crippen molar-refractivity contribution in [3.05, 3.63) is 84.4 Å². The van der Waals surface area contributed by atoms with E-state index >= 15 is 0 Å². The molecule has 1 amide bonds. The average molecular weight is 488 g/mol. The van der Waals surface area contributed by atoms with E-state index in [1.54, 1.807) is 30.3 Å². The molecule has 0 aliphatic carbocycles. The molecule has 0 saturated carbocycles. The maximum Gasteiger partial charge on any atom is 0.276 e. The number of aromatic nitrogens is 5. The van der Waals surface area contributed by atoms with Crippen LogP contribution in [0.15, 0.2) is 78.2 Å². The number of para-hydroxylation sites is 1. The number of methoxy groups -OCH3 is 1. The Bertz CT molecular complexity index is 1260. The number of thioether (sulfide) groups is 1. The minimum absolute atomic E-state index is 0.109. The number of rotatable bonds is 7. The second-order valence-corrected chi connectivity index (χ2v) is 8.87. The Morgan fingerprint density at radius 3 is 2.31 bits per heavy atom. The molecule has 4 aromatic rings. The molecule has 178 valence electrons. The predicted molar refractivity (Wildman–Crippen MR) is 134 cm³/mol. The summed E-state index contributed by atoms with van der Waals surface area (Å²) in [5.74, 6) is 1.09. The van der Waals surface area contributed by atoms with Gasteiger partial charge in [-0.3, -0.25) is 4.79 Å². The van der Waals surface area contributed by atoms with Crippen molar-refractivity contribution in [3.63, 3.8) is 0 Å². The SMILES string of the molecule is COc1ccc(-n2nnc(C(=O)N3CCN(c4ccccc4)CC3)c2CSc2ncccn2)cc1. The Balaban J connectivity index is 1.38. The number of amides is 1. The molecule has 0 atom stereocenters. The first-order chi connectivity index (χ1) is 17.2. The van der Waals surface area contributed by atoms with Gasteiger partial charge < -0.3 is 14.5 Å². The maximum absolute atomic E-state index is 13.6. The molecule has 0 N–H and O–H groups in total. The van der Waals surface area contributed by atoms with E-state index < -0.39 is 0 Å². The molecule has 9 nitrogen and oxygen atoms in total. The second-order valence-electron chi connectivity index (χ2n) is 7.93. The molecule has 10 heteroatoms. The number of carbonyl (C=O) groups excluding carboxylic acids is 1. The summed E-state index contributed by atoms with van der Waals surface area (Å²) in [6.07, 6.45) is 3.40. The molecule has 0 unspecified atom stereocenters. The third-order valence-corrected chi connectivity index (χ3v) is 6.74. The van der Waals surface area contributed by atoms with Crippen LogP contribution in [0, 0.1) is 0 Å². The average Bonchev–Trinajstić information content (AvgIpc) is 3.36. The molecule has 2 aromatic carbocycles. The molecule has 5 rings (SSSR count). The molecule has 1 fully saturated rings. The first-order valence-corrected chi connectivity index (χ1v) is 12.3. The molecule has 0 spiro atoms. The first kappa shape index (κ1) is 22.9. The number of nitrogens with zero attached hydrogens (tertiary/aromatic N) is 7. The number of piperazine rings is 1. The lowest BCUT2D eigenvalue weighted by Crippen LogP contribution is -2.49. The van der Waals surface area contributed by atoms with Crippen LogP contribution in [0.5, 0.6) is 5.75 Å². The number of ether oxygens (including phenoxy) is 1. The zero-order valence-corrected chi connectivity index (χ0v) is 20.1. The summed E-state index contributed by atoms with van der Waals surface area (Å²) in [6, 6.07) is 19.6. The van der Waals surface area contributed by atoms with Gasteiger partial charge in [0.1, 0.15) is 5.75 Å².